The van der Waals surface area contributed by atoms with Gasteiger partial charge in [0.1, 0.15) is 0 Å². The maximum absolute atomic E-state index is 10.7. The van der Waals surface area contributed by atoms with Crippen molar-refractivity contribution in [2.75, 3.05) is 6.54 Å². The number of hydrogen-bond donors (Lipinski definition) is 2. The molecule has 2 rings (SSSR count). The standard InChI is InChI=1S/C11H13NO2/c13-11(14)9-4-1-3-8(7-9)10-5-2-6-12-10/h1,3-4,7,10,12H,2,5-6H2,(H,13,14)/t10-/m1/s1. The van der Waals surface area contributed by atoms with Crippen molar-refractivity contribution < 1.29 is 9.90 Å². The number of nitrogens with one attached hydrogen (secondary N) is 1. The second-order valence-corrected chi connectivity index (χ2v) is 3.58. The zero-order chi connectivity index (χ0) is 9.97. The minimum Gasteiger partial charge on any atom is -0.478 e. The zero-order valence-electron chi connectivity index (χ0n) is 7.86. The molecule has 1 fully saturated rings. The second kappa shape index (κ2) is 3.80. The Kier molecular flexibility index (Phi) is 2.50. The van der Waals surface area contributed by atoms with Gasteiger partial charge >= 0.3 is 5.97 Å². The van der Waals surface area contributed by atoms with E-state index in [2.05, 4.69) is 5.32 Å². The molecule has 1 aromatic carbocycles. The molecule has 1 aromatic rings. The molecule has 0 radical (unpaired) electrons. The molecule has 2 N–H and O–H groups in total. The van der Waals surface area contributed by atoms with Gasteiger partial charge in [-0.05, 0) is 37.1 Å². The summed E-state index contributed by atoms with van der Waals surface area (Å²) in [5, 5.41) is 12.2. The largest absolute Gasteiger partial charge is 0.478 e. The number of carboxylic acid groups (broad SMARTS) is 1. The van der Waals surface area contributed by atoms with Gasteiger partial charge in [0.2, 0.25) is 0 Å². The van der Waals surface area contributed by atoms with Gasteiger partial charge in [-0.25, -0.2) is 4.79 Å². The van der Waals surface area contributed by atoms with Gasteiger partial charge in [-0.15, -0.1) is 0 Å². The fourth-order valence-electron chi connectivity index (χ4n) is 1.86. The topological polar surface area (TPSA) is 49.3 Å². The van der Waals surface area contributed by atoms with Crippen LogP contribution in [0, 0.1) is 0 Å². The first kappa shape index (κ1) is 9.21. The van der Waals surface area contributed by atoms with Crippen LogP contribution in [-0.4, -0.2) is 17.6 Å². The van der Waals surface area contributed by atoms with Gasteiger partial charge in [0.05, 0.1) is 5.56 Å². The summed E-state index contributed by atoms with van der Waals surface area (Å²) < 4.78 is 0. The Bertz CT molecular complexity index is 343. The molecule has 0 unspecified atom stereocenters. The molecule has 3 heteroatoms. The van der Waals surface area contributed by atoms with Gasteiger partial charge in [0, 0.05) is 6.04 Å². The van der Waals surface area contributed by atoms with Crippen LogP contribution in [0.25, 0.3) is 0 Å². The molecular weight excluding hydrogens is 178 g/mol. The van der Waals surface area contributed by atoms with Crippen LogP contribution in [0.2, 0.25) is 0 Å². The Morgan fingerprint density at radius 2 is 2.36 bits per heavy atom. The van der Waals surface area contributed by atoms with Crippen LogP contribution < -0.4 is 5.32 Å². The third-order valence-corrected chi connectivity index (χ3v) is 2.60. The Morgan fingerprint density at radius 3 is 3.00 bits per heavy atom. The monoisotopic (exact) mass is 191 g/mol. The molecule has 3 nitrogen and oxygen atoms in total. The lowest BCUT2D eigenvalue weighted by Gasteiger charge is -2.10. The van der Waals surface area contributed by atoms with E-state index >= 15 is 0 Å². The van der Waals surface area contributed by atoms with Crippen molar-refractivity contribution in [3.05, 3.63) is 35.4 Å². The first-order valence-corrected chi connectivity index (χ1v) is 4.84. The molecule has 1 heterocycles. The molecule has 0 spiro atoms. The van der Waals surface area contributed by atoms with Gasteiger partial charge in [0.25, 0.3) is 0 Å². The van der Waals surface area contributed by atoms with Crippen LogP contribution in [0.4, 0.5) is 0 Å². The van der Waals surface area contributed by atoms with Crippen LogP contribution in [0.15, 0.2) is 24.3 Å². The first-order valence-electron chi connectivity index (χ1n) is 4.84. The predicted molar refractivity (Wildman–Crippen MR) is 53.4 cm³/mol. The van der Waals surface area contributed by atoms with E-state index in [0.717, 1.165) is 18.5 Å². The Morgan fingerprint density at radius 1 is 1.50 bits per heavy atom. The highest BCUT2D eigenvalue weighted by molar-refractivity contribution is 5.87. The fourth-order valence-corrected chi connectivity index (χ4v) is 1.86. The summed E-state index contributed by atoms with van der Waals surface area (Å²) in [4.78, 5) is 10.7. The average Bonchev–Trinajstić information content (AvgIpc) is 2.71. The van der Waals surface area contributed by atoms with Gasteiger partial charge in [-0.1, -0.05) is 12.1 Å². The summed E-state index contributed by atoms with van der Waals surface area (Å²) in [7, 11) is 0. The maximum Gasteiger partial charge on any atom is 0.335 e. The van der Waals surface area contributed by atoms with Gasteiger partial charge in [-0.2, -0.15) is 0 Å². The smallest absolute Gasteiger partial charge is 0.335 e. The number of hydrogen-bond acceptors (Lipinski definition) is 2. The van der Waals surface area contributed by atoms with Gasteiger partial charge in [0.15, 0.2) is 0 Å². The lowest BCUT2D eigenvalue weighted by molar-refractivity contribution is 0.0696. The second-order valence-electron chi connectivity index (χ2n) is 3.58. The van der Waals surface area contributed by atoms with E-state index < -0.39 is 5.97 Å². The van der Waals surface area contributed by atoms with E-state index in [0.29, 0.717) is 11.6 Å². The van der Waals surface area contributed by atoms with E-state index in [1.807, 2.05) is 6.07 Å². The highest BCUT2D eigenvalue weighted by atomic mass is 16.4. The summed E-state index contributed by atoms with van der Waals surface area (Å²) in [5.74, 6) is -0.857. The van der Waals surface area contributed by atoms with E-state index in [1.54, 1.807) is 18.2 Å². The molecule has 1 saturated heterocycles. The first-order chi connectivity index (χ1) is 6.77. The summed E-state index contributed by atoms with van der Waals surface area (Å²) in [5.41, 5.74) is 1.46. The molecule has 0 aromatic heterocycles. The summed E-state index contributed by atoms with van der Waals surface area (Å²) in [6.45, 7) is 1.03. The molecule has 1 atom stereocenters. The molecule has 74 valence electrons. The number of benzene rings is 1. The van der Waals surface area contributed by atoms with Crippen molar-refractivity contribution in [1.29, 1.82) is 0 Å². The zero-order valence-corrected chi connectivity index (χ0v) is 7.86. The van der Waals surface area contributed by atoms with Crippen LogP contribution >= 0.6 is 0 Å². The normalized spacial score (nSPS) is 21.0. The van der Waals surface area contributed by atoms with Gasteiger partial charge in [-0.3, -0.25) is 0 Å². The number of rotatable bonds is 2. The van der Waals surface area contributed by atoms with Crippen molar-refractivity contribution in [2.24, 2.45) is 0 Å². The Hall–Kier alpha value is -1.35. The lowest BCUT2D eigenvalue weighted by atomic mass is 10.0. The molecule has 1 aliphatic heterocycles. The maximum atomic E-state index is 10.7. The molecule has 0 bridgehead atoms. The Labute approximate surface area is 82.8 Å². The predicted octanol–water partition coefficient (Wildman–Crippen LogP) is 1.81. The third-order valence-electron chi connectivity index (χ3n) is 2.60. The van der Waals surface area contributed by atoms with Crippen molar-refractivity contribution >= 4 is 5.97 Å². The van der Waals surface area contributed by atoms with Crippen molar-refractivity contribution in [2.45, 2.75) is 18.9 Å². The number of aromatic carboxylic acids is 1. The summed E-state index contributed by atoms with van der Waals surface area (Å²) >= 11 is 0. The van der Waals surface area contributed by atoms with Crippen molar-refractivity contribution in [3.8, 4) is 0 Å². The third kappa shape index (κ3) is 1.77. The minimum absolute atomic E-state index is 0.342. The summed E-state index contributed by atoms with van der Waals surface area (Å²) in [6.07, 6.45) is 2.27. The van der Waals surface area contributed by atoms with Crippen molar-refractivity contribution in [1.82, 2.24) is 5.32 Å². The molecule has 0 aliphatic carbocycles. The number of carbonyl (C=O) groups is 1. The van der Waals surface area contributed by atoms with Crippen LogP contribution in [0.3, 0.4) is 0 Å². The van der Waals surface area contributed by atoms with E-state index in [-0.39, 0.29) is 0 Å². The Balaban J connectivity index is 2.25. The SMILES string of the molecule is O=C(O)c1cccc([C@H]2CCCN2)c1. The lowest BCUT2D eigenvalue weighted by Crippen LogP contribution is -2.13. The van der Waals surface area contributed by atoms with Crippen molar-refractivity contribution in [3.63, 3.8) is 0 Å². The minimum atomic E-state index is -0.857. The highest BCUT2D eigenvalue weighted by Crippen LogP contribution is 2.23. The molecular formula is C11H13NO2. The molecule has 1 aliphatic rings. The quantitative estimate of drug-likeness (QED) is 0.749. The summed E-state index contributed by atoms with van der Waals surface area (Å²) in [6, 6.07) is 7.51. The molecule has 0 saturated carbocycles. The van der Waals surface area contributed by atoms with E-state index in [9.17, 15) is 4.79 Å². The van der Waals surface area contributed by atoms with Crippen LogP contribution in [0.5, 0.6) is 0 Å². The fraction of sp³-hybridized carbons (Fsp3) is 0.364. The van der Waals surface area contributed by atoms with Gasteiger partial charge < -0.3 is 10.4 Å². The van der Waals surface area contributed by atoms with E-state index in [1.165, 1.54) is 6.42 Å². The average molecular weight is 191 g/mol. The molecule has 14 heavy (non-hydrogen) atoms. The van der Waals surface area contributed by atoms with Crippen LogP contribution in [-0.2, 0) is 0 Å². The van der Waals surface area contributed by atoms with Crippen LogP contribution in [0.1, 0.15) is 34.8 Å². The molecule has 0 amide bonds. The highest BCUT2D eigenvalue weighted by Gasteiger charge is 2.16. The van der Waals surface area contributed by atoms with E-state index in [4.69, 9.17) is 5.11 Å². The number of carboxylic acids is 1.